The first-order chi connectivity index (χ1) is 16.7. The van der Waals surface area contributed by atoms with Gasteiger partial charge in [-0.15, -0.1) is 0 Å². The second kappa shape index (κ2) is 8.46. The van der Waals surface area contributed by atoms with Crippen molar-refractivity contribution in [1.29, 1.82) is 0 Å². The number of ketones is 1. The third kappa shape index (κ3) is 3.83. The summed E-state index contributed by atoms with van der Waals surface area (Å²) in [6.07, 6.45) is 4.83. The molecule has 3 aromatic carbocycles. The van der Waals surface area contributed by atoms with Crippen molar-refractivity contribution in [2.24, 2.45) is 0 Å². The van der Waals surface area contributed by atoms with Crippen LogP contribution in [0, 0.1) is 0 Å². The molecule has 0 saturated heterocycles. The Morgan fingerprint density at radius 3 is 1.60 bits per heavy atom. The summed E-state index contributed by atoms with van der Waals surface area (Å²) in [7, 11) is 12.3. The second-order valence-electron chi connectivity index (χ2n) is 10.2. The quantitative estimate of drug-likeness (QED) is 0.490. The third-order valence-electron chi connectivity index (χ3n) is 7.36. The number of hydrogen-bond donors (Lipinski definition) is 0. The molecule has 0 bridgehead atoms. The van der Waals surface area contributed by atoms with E-state index in [9.17, 15) is 4.79 Å². The SMILES string of the molecule is CN(C)c1ccc(C2(c3ccc(N(C)C)cc3)C=C3C(=Cc4ccc(N(C)C)cc43)C(=O)C2)cc1. The smallest absolute Gasteiger partial charge is 0.165 e. The van der Waals surface area contributed by atoms with Gasteiger partial charge in [-0.1, -0.05) is 36.4 Å². The molecule has 0 aliphatic heterocycles. The topological polar surface area (TPSA) is 26.8 Å². The van der Waals surface area contributed by atoms with Crippen molar-refractivity contribution in [3.05, 3.63) is 101 Å². The summed E-state index contributed by atoms with van der Waals surface area (Å²) in [6.45, 7) is 0. The van der Waals surface area contributed by atoms with E-state index in [0.29, 0.717) is 6.42 Å². The summed E-state index contributed by atoms with van der Waals surface area (Å²) >= 11 is 0. The van der Waals surface area contributed by atoms with Crippen LogP contribution in [-0.4, -0.2) is 48.1 Å². The highest BCUT2D eigenvalue weighted by Gasteiger charge is 2.42. The van der Waals surface area contributed by atoms with Crippen LogP contribution in [0.4, 0.5) is 17.1 Å². The van der Waals surface area contributed by atoms with Gasteiger partial charge < -0.3 is 14.7 Å². The van der Waals surface area contributed by atoms with Crippen molar-refractivity contribution in [1.82, 2.24) is 0 Å². The lowest BCUT2D eigenvalue weighted by Crippen LogP contribution is -2.33. The summed E-state index contributed by atoms with van der Waals surface area (Å²) in [5.74, 6) is 0.193. The fourth-order valence-electron chi connectivity index (χ4n) is 5.24. The number of Topliss-reactive ketones (excluding diaryl/α,β-unsaturated/α-hetero) is 1. The molecule has 4 nitrogen and oxygen atoms in total. The number of anilines is 3. The summed E-state index contributed by atoms with van der Waals surface area (Å²) in [4.78, 5) is 20.0. The summed E-state index contributed by atoms with van der Waals surface area (Å²) in [5, 5.41) is 0. The number of nitrogens with zero attached hydrogens (tertiary/aromatic N) is 3. The first-order valence-corrected chi connectivity index (χ1v) is 12.1. The van der Waals surface area contributed by atoms with Crippen molar-refractivity contribution in [3.8, 4) is 0 Å². The Hall–Kier alpha value is -3.79. The molecular formula is C31H33N3O. The van der Waals surface area contributed by atoms with E-state index in [4.69, 9.17) is 0 Å². The van der Waals surface area contributed by atoms with Gasteiger partial charge in [0.05, 0.1) is 0 Å². The molecule has 2 aliphatic rings. The van der Waals surface area contributed by atoms with E-state index in [-0.39, 0.29) is 5.78 Å². The maximum Gasteiger partial charge on any atom is 0.165 e. The van der Waals surface area contributed by atoms with Crippen LogP contribution in [0.15, 0.2) is 78.4 Å². The molecule has 0 N–H and O–H groups in total. The lowest BCUT2D eigenvalue weighted by molar-refractivity contribution is -0.115. The molecule has 0 atom stereocenters. The Balaban J connectivity index is 1.73. The van der Waals surface area contributed by atoms with Crippen LogP contribution in [0.25, 0.3) is 11.6 Å². The number of rotatable bonds is 5. The van der Waals surface area contributed by atoms with Gasteiger partial charge in [0.1, 0.15) is 0 Å². The van der Waals surface area contributed by atoms with Gasteiger partial charge in [-0.2, -0.15) is 0 Å². The molecule has 0 radical (unpaired) electrons. The lowest BCUT2D eigenvalue weighted by atomic mass is 9.65. The Bertz CT molecular complexity index is 1290. The van der Waals surface area contributed by atoms with Gasteiger partial charge in [-0.3, -0.25) is 4.79 Å². The first kappa shape index (κ1) is 23.0. The number of fused-ring (bicyclic) bond motifs is 3. The van der Waals surface area contributed by atoms with Crippen LogP contribution < -0.4 is 14.7 Å². The van der Waals surface area contributed by atoms with Crippen LogP contribution in [0.1, 0.15) is 28.7 Å². The van der Waals surface area contributed by atoms with E-state index in [2.05, 4.69) is 93.6 Å². The summed E-state index contributed by atoms with van der Waals surface area (Å²) < 4.78 is 0. The monoisotopic (exact) mass is 463 g/mol. The number of carbonyl (C=O) groups is 1. The largest absolute Gasteiger partial charge is 0.378 e. The number of hydrogen-bond acceptors (Lipinski definition) is 4. The molecule has 5 rings (SSSR count). The number of carbonyl (C=O) groups excluding carboxylic acids is 1. The number of benzene rings is 3. The standard InChI is InChI=1S/C31H33N3O/c1-32(2)24-13-8-22(9-14-24)31(23-10-15-25(16-11-23)33(3)4)19-29-27-18-26(34(5)6)12-7-21(27)17-28(29)30(35)20-31/h7-19H,20H2,1-6H3. The molecule has 2 aliphatic carbocycles. The molecule has 0 heterocycles. The van der Waals surface area contributed by atoms with Crippen LogP contribution in [-0.2, 0) is 10.2 Å². The van der Waals surface area contributed by atoms with E-state index in [0.717, 1.165) is 50.5 Å². The number of allylic oxidation sites excluding steroid dienone is 3. The van der Waals surface area contributed by atoms with Crippen molar-refractivity contribution in [2.75, 3.05) is 57.0 Å². The zero-order chi connectivity index (χ0) is 24.9. The normalized spacial score (nSPS) is 15.7. The highest BCUT2D eigenvalue weighted by atomic mass is 16.1. The van der Waals surface area contributed by atoms with Gasteiger partial charge in [0.15, 0.2) is 5.78 Å². The maximum atomic E-state index is 13.7. The molecule has 0 saturated carbocycles. The lowest BCUT2D eigenvalue weighted by Gasteiger charge is -2.36. The van der Waals surface area contributed by atoms with Gasteiger partial charge in [0.2, 0.25) is 0 Å². The fraction of sp³-hybridized carbons (Fsp3) is 0.258. The van der Waals surface area contributed by atoms with E-state index in [1.807, 2.05) is 42.3 Å². The van der Waals surface area contributed by atoms with E-state index < -0.39 is 5.41 Å². The molecular weight excluding hydrogens is 430 g/mol. The highest BCUT2D eigenvalue weighted by Crippen LogP contribution is 2.50. The summed E-state index contributed by atoms with van der Waals surface area (Å²) in [6, 6.07) is 23.8. The highest BCUT2D eigenvalue weighted by molar-refractivity contribution is 6.20. The molecule has 4 heteroatoms. The summed E-state index contributed by atoms with van der Waals surface area (Å²) in [5.41, 5.74) is 9.30. The zero-order valence-electron chi connectivity index (χ0n) is 21.5. The average molecular weight is 464 g/mol. The van der Waals surface area contributed by atoms with Gasteiger partial charge in [0, 0.05) is 76.8 Å². The van der Waals surface area contributed by atoms with Crippen molar-refractivity contribution in [3.63, 3.8) is 0 Å². The Labute approximate surface area is 208 Å². The molecule has 0 spiro atoms. The zero-order valence-corrected chi connectivity index (χ0v) is 21.5. The van der Waals surface area contributed by atoms with Crippen LogP contribution in [0.5, 0.6) is 0 Å². The molecule has 0 aromatic heterocycles. The Morgan fingerprint density at radius 2 is 1.11 bits per heavy atom. The second-order valence-corrected chi connectivity index (χ2v) is 10.2. The van der Waals surface area contributed by atoms with Gasteiger partial charge in [0.25, 0.3) is 0 Å². The molecule has 3 aromatic rings. The van der Waals surface area contributed by atoms with Gasteiger partial charge in [-0.05, 0) is 70.3 Å². The van der Waals surface area contributed by atoms with E-state index in [1.54, 1.807) is 0 Å². The Morgan fingerprint density at radius 1 is 0.629 bits per heavy atom. The van der Waals surface area contributed by atoms with Crippen LogP contribution >= 0.6 is 0 Å². The molecule has 0 fully saturated rings. The molecule has 35 heavy (non-hydrogen) atoms. The average Bonchev–Trinajstić information content (AvgIpc) is 3.22. The fourth-order valence-corrected chi connectivity index (χ4v) is 5.24. The van der Waals surface area contributed by atoms with Crippen molar-refractivity contribution >= 4 is 34.5 Å². The third-order valence-corrected chi connectivity index (χ3v) is 7.36. The van der Waals surface area contributed by atoms with Crippen molar-refractivity contribution < 1.29 is 4.79 Å². The van der Waals surface area contributed by atoms with E-state index >= 15 is 0 Å². The van der Waals surface area contributed by atoms with Crippen LogP contribution in [0.3, 0.4) is 0 Å². The minimum Gasteiger partial charge on any atom is -0.378 e. The predicted molar refractivity (Wildman–Crippen MR) is 149 cm³/mol. The first-order valence-electron chi connectivity index (χ1n) is 12.1. The maximum absolute atomic E-state index is 13.7. The molecule has 178 valence electrons. The Kier molecular flexibility index (Phi) is 5.55. The minimum absolute atomic E-state index is 0.193. The van der Waals surface area contributed by atoms with E-state index in [1.165, 1.54) is 0 Å². The van der Waals surface area contributed by atoms with Gasteiger partial charge in [-0.25, -0.2) is 0 Å². The molecule has 0 unspecified atom stereocenters. The van der Waals surface area contributed by atoms with Crippen molar-refractivity contribution in [2.45, 2.75) is 11.8 Å². The molecule has 0 amide bonds. The van der Waals surface area contributed by atoms with Crippen LogP contribution in [0.2, 0.25) is 0 Å². The minimum atomic E-state index is -0.533. The predicted octanol–water partition coefficient (Wildman–Crippen LogP) is 5.62. The van der Waals surface area contributed by atoms with Gasteiger partial charge >= 0.3 is 0 Å².